The van der Waals surface area contributed by atoms with Gasteiger partial charge < -0.3 is 19.9 Å². The molecule has 8 nitrogen and oxygen atoms in total. The molecule has 0 aliphatic carbocycles. The third-order valence-corrected chi connectivity index (χ3v) is 5.34. The molecule has 2 N–H and O–H groups in total. The number of ether oxygens (including phenoxy) is 2. The van der Waals surface area contributed by atoms with Gasteiger partial charge in [-0.05, 0) is 17.7 Å². The van der Waals surface area contributed by atoms with E-state index in [9.17, 15) is 18.3 Å². The van der Waals surface area contributed by atoms with E-state index in [1.807, 2.05) is 0 Å². The van der Waals surface area contributed by atoms with E-state index in [-0.39, 0.29) is 56.7 Å². The number of phenols is 1. The van der Waals surface area contributed by atoms with E-state index in [1.165, 1.54) is 30.7 Å². The zero-order chi connectivity index (χ0) is 18.7. The number of sulfonamides is 1. The molecule has 0 spiro atoms. The fourth-order valence-corrected chi connectivity index (χ4v) is 3.41. The van der Waals surface area contributed by atoms with Gasteiger partial charge in [-0.25, -0.2) is 8.42 Å². The van der Waals surface area contributed by atoms with E-state index in [1.54, 1.807) is 12.1 Å². The Kier molecular flexibility index (Phi) is 9.43. The number of nitrogens with one attached hydrogen (secondary N) is 1. The normalized spacial score (nSPS) is 11.6. The summed E-state index contributed by atoms with van der Waals surface area (Å²) >= 11 is 0. The van der Waals surface area contributed by atoms with E-state index < -0.39 is 10.0 Å². The first kappa shape index (κ1) is 21.4. The molecule has 0 aliphatic heterocycles. The Balaban J connectivity index is 2.47. The van der Waals surface area contributed by atoms with Crippen LogP contribution >= 0.6 is 0 Å². The predicted molar refractivity (Wildman–Crippen MR) is 93.9 cm³/mol. The summed E-state index contributed by atoms with van der Waals surface area (Å²) in [6, 6.07) is 6.28. The largest absolute Gasteiger partial charge is 0.508 e. The highest BCUT2D eigenvalue weighted by atomic mass is 32.2. The minimum atomic E-state index is -3.52. The van der Waals surface area contributed by atoms with Gasteiger partial charge in [-0.1, -0.05) is 12.1 Å². The Morgan fingerprint density at radius 3 is 2.20 bits per heavy atom. The Morgan fingerprint density at radius 1 is 1.12 bits per heavy atom. The zero-order valence-electron chi connectivity index (χ0n) is 14.6. The van der Waals surface area contributed by atoms with E-state index in [4.69, 9.17) is 9.47 Å². The summed E-state index contributed by atoms with van der Waals surface area (Å²) in [7, 11) is -0.506. The quantitative estimate of drug-likeness (QED) is 0.533. The first-order chi connectivity index (χ1) is 11.9. The minimum Gasteiger partial charge on any atom is -0.508 e. The number of methoxy groups -OCH3 is 2. The molecular formula is C16H26N2O6S. The summed E-state index contributed by atoms with van der Waals surface area (Å²) in [6.07, 6.45) is 0.122. The number of hydrogen-bond acceptors (Lipinski definition) is 6. The molecule has 1 aromatic rings. The smallest absolute Gasteiger partial charge is 0.224 e. The number of rotatable bonds is 12. The molecule has 0 heterocycles. The third-order valence-electron chi connectivity index (χ3n) is 3.47. The number of carbonyl (C=O) groups excluding carboxylic acids is 1. The molecule has 25 heavy (non-hydrogen) atoms. The van der Waals surface area contributed by atoms with Crippen LogP contribution in [-0.4, -0.2) is 76.6 Å². The van der Waals surface area contributed by atoms with Crippen molar-refractivity contribution in [3.8, 4) is 5.75 Å². The van der Waals surface area contributed by atoms with Crippen LogP contribution in [0.5, 0.6) is 5.75 Å². The fraction of sp³-hybridized carbons (Fsp3) is 0.562. The van der Waals surface area contributed by atoms with Crippen LogP contribution in [0.4, 0.5) is 0 Å². The molecular weight excluding hydrogens is 348 g/mol. The summed E-state index contributed by atoms with van der Waals surface area (Å²) in [6.45, 7) is 1.08. The SMILES string of the molecule is COCCN(CCOC)S(=O)(=O)CCNC(=O)Cc1ccc(O)cc1. The van der Waals surface area contributed by atoms with Crippen molar-refractivity contribution in [3.63, 3.8) is 0 Å². The van der Waals surface area contributed by atoms with Gasteiger partial charge in [0.2, 0.25) is 15.9 Å². The van der Waals surface area contributed by atoms with E-state index in [0.29, 0.717) is 0 Å². The highest BCUT2D eigenvalue weighted by Gasteiger charge is 2.21. The summed E-state index contributed by atoms with van der Waals surface area (Å²) in [5, 5.41) is 11.8. The fourth-order valence-electron chi connectivity index (χ4n) is 2.09. The van der Waals surface area contributed by atoms with Crippen LogP contribution in [0.25, 0.3) is 0 Å². The first-order valence-corrected chi connectivity index (χ1v) is 9.50. The summed E-state index contributed by atoms with van der Waals surface area (Å²) < 4.78 is 35.9. The summed E-state index contributed by atoms with van der Waals surface area (Å²) in [5.74, 6) is -0.342. The number of aromatic hydroxyl groups is 1. The lowest BCUT2D eigenvalue weighted by Gasteiger charge is -2.21. The van der Waals surface area contributed by atoms with Gasteiger partial charge in [0.1, 0.15) is 5.75 Å². The van der Waals surface area contributed by atoms with E-state index in [2.05, 4.69) is 5.32 Å². The molecule has 0 saturated carbocycles. The molecule has 142 valence electrons. The van der Waals surface area contributed by atoms with Crippen LogP contribution in [0.1, 0.15) is 5.56 Å². The van der Waals surface area contributed by atoms with Crippen molar-refractivity contribution in [2.24, 2.45) is 0 Å². The highest BCUT2D eigenvalue weighted by Crippen LogP contribution is 2.10. The Bertz CT molecular complexity index is 610. The minimum absolute atomic E-state index is 0.0235. The monoisotopic (exact) mass is 374 g/mol. The molecule has 0 unspecified atom stereocenters. The zero-order valence-corrected chi connectivity index (χ0v) is 15.4. The molecule has 0 fully saturated rings. The van der Waals surface area contributed by atoms with Gasteiger partial charge in [0.15, 0.2) is 0 Å². The van der Waals surface area contributed by atoms with Crippen LogP contribution in [0, 0.1) is 0 Å². The lowest BCUT2D eigenvalue weighted by atomic mass is 10.1. The first-order valence-electron chi connectivity index (χ1n) is 7.89. The standard InChI is InChI=1S/C16H26N2O6S/c1-23-10-8-18(9-11-24-2)25(21,22)12-7-17-16(20)13-14-3-5-15(19)6-4-14/h3-6,19H,7-13H2,1-2H3,(H,17,20). The number of nitrogens with zero attached hydrogens (tertiary/aromatic N) is 1. The van der Waals surface area contributed by atoms with Crippen molar-refractivity contribution in [2.75, 3.05) is 52.8 Å². The average molecular weight is 374 g/mol. The van der Waals surface area contributed by atoms with Crippen molar-refractivity contribution in [1.29, 1.82) is 0 Å². The third kappa shape index (κ3) is 8.30. The maximum absolute atomic E-state index is 12.4. The Labute approximate surface area is 148 Å². The van der Waals surface area contributed by atoms with Gasteiger partial charge in [0.05, 0.1) is 25.4 Å². The van der Waals surface area contributed by atoms with Crippen molar-refractivity contribution in [2.45, 2.75) is 6.42 Å². The number of benzene rings is 1. The molecule has 0 radical (unpaired) electrons. The Hall–Kier alpha value is -1.68. The highest BCUT2D eigenvalue weighted by molar-refractivity contribution is 7.89. The van der Waals surface area contributed by atoms with Gasteiger partial charge in [-0.2, -0.15) is 4.31 Å². The van der Waals surface area contributed by atoms with Crippen molar-refractivity contribution >= 4 is 15.9 Å². The van der Waals surface area contributed by atoms with Gasteiger partial charge in [-0.3, -0.25) is 4.79 Å². The molecule has 1 rings (SSSR count). The van der Waals surface area contributed by atoms with E-state index in [0.717, 1.165) is 5.56 Å². The lowest BCUT2D eigenvalue weighted by Crippen LogP contribution is -2.41. The van der Waals surface area contributed by atoms with Gasteiger partial charge in [0, 0.05) is 33.9 Å². The number of phenolic OH excluding ortho intramolecular Hbond substituents is 1. The van der Waals surface area contributed by atoms with Crippen LogP contribution in [0.2, 0.25) is 0 Å². The molecule has 1 aromatic carbocycles. The molecule has 9 heteroatoms. The maximum Gasteiger partial charge on any atom is 0.224 e. The Morgan fingerprint density at radius 2 is 1.68 bits per heavy atom. The number of hydrogen-bond donors (Lipinski definition) is 2. The summed E-state index contributed by atoms with van der Waals surface area (Å²) in [4.78, 5) is 11.9. The average Bonchev–Trinajstić information content (AvgIpc) is 2.56. The van der Waals surface area contributed by atoms with Crippen molar-refractivity contribution in [3.05, 3.63) is 29.8 Å². The molecule has 0 saturated heterocycles. The van der Waals surface area contributed by atoms with Gasteiger partial charge >= 0.3 is 0 Å². The second-order valence-electron chi connectivity index (χ2n) is 5.39. The van der Waals surface area contributed by atoms with Crippen molar-refractivity contribution < 1.29 is 27.8 Å². The van der Waals surface area contributed by atoms with Gasteiger partial charge in [-0.15, -0.1) is 0 Å². The number of amides is 1. The van der Waals surface area contributed by atoms with Crippen LogP contribution in [0.15, 0.2) is 24.3 Å². The van der Waals surface area contributed by atoms with Crippen LogP contribution in [-0.2, 0) is 30.7 Å². The van der Waals surface area contributed by atoms with Crippen molar-refractivity contribution in [1.82, 2.24) is 9.62 Å². The molecule has 0 bridgehead atoms. The second kappa shape index (κ2) is 11.0. The molecule has 0 aliphatic rings. The predicted octanol–water partition coefficient (Wildman–Crippen LogP) is -0.0245. The molecule has 0 aromatic heterocycles. The molecule has 0 atom stereocenters. The lowest BCUT2D eigenvalue weighted by molar-refractivity contribution is -0.120. The number of carbonyl (C=O) groups is 1. The van der Waals surface area contributed by atoms with Crippen LogP contribution in [0.3, 0.4) is 0 Å². The van der Waals surface area contributed by atoms with E-state index >= 15 is 0 Å². The maximum atomic E-state index is 12.4. The topological polar surface area (TPSA) is 105 Å². The molecule has 1 amide bonds. The summed E-state index contributed by atoms with van der Waals surface area (Å²) in [5.41, 5.74) is 0.736. The second-order valence-corrected chi connectivity index (χ2v) is 7.48. The van der Waals surface area contributed by atoms with Crippen LogP contribution < -0.4 is 5.32 Å². The van der Waals surface area contributed by atoms with Gasteiger partial charge in [0.25, 0.3) is 0 Å².